The molecule has 6 nitrogen and oxygen atoms in total. The molecular formula is C21H18FN3O3S. The van der Waals surface area contributed by atoms with Crippen LogP contribution < -0.4 is 15.4 Å². The van der Waals surface area contributed by atoms with Crippen molar-refractivity contribution in [2.45, 2.75) is 6.61 Å². The van der Waals surface area contributed by atoms with E-state index >= 15 is 0 Å². The maximum atomic E-state index is 12.9. The highest BCUT2D eigenvalue weighted by Gasteiger charge is 2.11. The number of carbonyl (C=O) groups excluding carboxylic acids is 1. The Kier molecular flexibility index (Phi) is 5.71. The van der Waals surface area contributed by atoms with E-state index in [9.17, 15) is 9.18 Å². The molecule has 2 heterocycles. The van der Waals surface area contributed by atoms with Crippen molar-refractivity contribution in [3.63, 3.8) is 0 Å². The zero-order valence-electron chi connectivity index (χ0n) is 15.4. The number of nitrogens with zero attached hydrogens (tertiary/aromatic N) is 1. The molecule has 0 fully saturated rings. The number of hydrogen-bond acceptors (Lipinski definition) is 6. The van der Waals surface area contributed by atoms with Crippen LogP contribution >= 0.6 is 11.3 Å². The first kappa shape index (κ1) is 18.9. The maximum Gasteiger partial charge on any atom is 0.287 e. The van der Waals surface area contributed by atoms with Crippen molar-refractivity contribution >= 4 is 32.6 Å². The molecule has 0 saturated carbocycles. The summed E-state index contributed by atoms with van der Waals surface area (Å²) in [6.45, 7) is 1.13. The van der Waals surface area contributed by atoms with Crippen molar-refractivity contribution in [3.05, 3.63) is 78.0 Å². The summed E-state index contributed by atoms with van der Waals surface area (Å²) in [6, 6.07) is 16.9. The standard InChI is InChI=1S/C21H18FN3O3S/c22-14-5-7-15(8-6-14)27-13-16-9-10-18(28-16)20(26)23-11-12-24-21-25-17-3-1-2-4-19(17)29-21/h1-10H,11-13H2,(H,23,26)(H,24,25). The SMILES string of the molecule is O=C(NCCNc1nc2ccccc2s1)c1ccc(COc2ccc(F)cc2)o1. The molecule has 29 heavy (non-hydrogen) atoms. The molecule has 4 aromatic rings. The Morgan fingerprint density at radius 1 is 1.07 bits per heavy atom. The third-order valence-electron chi connectivity index (χ3n) is 4.06. The van der Waals surface area contributed by atoms with Gasteiger partial charge in [-0.1, -0.05) is 23.5 Å². The average Bonchev–Trinajstić information content (AvgIpc) is 3.37. The molecule has 0 unspecified atom stereocenters. The highest BCUT2D eigenvalue weighted by molar-refractivity contribution is 7.22. The number of halogens is 1. The smallest absolute Gasteiger partial charge is 0.287 e. The fourth-order valence-corrected chi connectivity index (χ4v) is 3.53. The van der Waals surface area contributed by atoms with Crippen LogP contribution in [-0.4, -0.2) is 24.0 Å². The van der Waals surface area contributed by atoms with Crippen LogP contribution in [0.15, 0.2) is 65.1 Å². The Morgan fingerprint density at radius 2 is 1.90 bits per heavy atom. The summed E-state index contributed by atoms with van der Waals surface area (Å²) in [5.74, 6) is 0.612. The molecule has 0 saturated heterocycles. The minimum atomic E-state index is -0.327. The molecule has 0 spiro atoms. The Bertz CT molecular complexity index is 1070. The second-order valence-corrected chi connectivity index (χ2v) is 7.21. The number of rotatable bonds is 8. The molecule has 2 N–H and O–H groups in total. The van der Waals surface area contributed by atoms with E-state index in [1.54, 1.807) is 23.5 Å². The van der Waals surface area contributed by atoms with Gasteiger partial charge in [0.25, 0.3) is 5.91 Å². The van der Waals surface area contributed by atoms with Crippen molar-refractivity contribution in [1.82, 2.24) is 10.3 Å². The van der Waals surface area contributed by atoms with Crippen LogP contribution in [0.3, 0.4) is 0 Å². The fraction of sp³-hybridized carbons (Fsp3) is 0.143. The second-order valence-electron chi connectivity index (χ2n) is 6.18. The largest absolute Gasteiger partial charge is 0.486 e. The van der Waals surface area contributed by atoms with Crippen LogP contribution in [0.1, 0.15) is 16.3 Å². The zero-order chi connectivity index (χ0) is 20.1. The Morgan fingerprint density at radius 3 is 2.72 bits per heavy atom. The van der Waals surface area contributed by atoms with E-state index in [1.165, 1.54) is 24.3 Å². The number of anilines is 1. The summed E-state index contributed by atoms with van der Waals surface area (Å²) >= 11 is 1.57. The molecule has 0 bridgehead atoms. The lowest BCUT2D eigenvalue weighted by Crippen LogP contribution is -2.28. The Balaban J connectivity index is 1.22. The predicted octanol–water partition coefficient (Wildman–Crippen LogP) is 4.45. The van der Waals surface area contributed by atoms with Crippen LogP contribution in [0.2, 0.25) is 0 Å². The Hall–Kier alpha value is -3.39. The molecule has 1 amide bonds. The van der Waals surface area contributed by atoms with Gasteiger partial charge in [0, 0.05) is 13.1 Å². The highest BCUT2D eigenvalue weighted by atomic mass is 32.1. The van der Waals surface area contributed by atoms with Gasteiger partial charge < -0.3 is 19.8 Å². The van der Waals surface area contributed by atoms with Gasteiger partial charge in [0.05, 0.1) is 10.2 Å². The van der Waals surface area contributed by atoms with E-state index in [0.29, 0.717) is 24.6 Å². The summed E-state index contributed by atoms with van der Waals surface area (Å²) in [7, 11) is 0. The van der Waals surface area contributed by atoms with E-state index in [0.717, 1.165) is 15.3 Å². The molecule has 0 radical (unpaired) electrons. The first-order chi connectivity index (χ1) is 14.2. The molecule has 0 atom stereocenters. The lowest BCUT2D eigenvalue weighted by atomic mass is 10.3. The lowest BCUT2D eigenvalue weighted by molar-refractivity contribution is 0.0923. The van der Waals surface area contributed by atoms with E-state index in [-0.39, 0.29) is 24.1 Å². The summed E-state index contributed by atoms with van der Waals surface area (Å²) in [5, 5.41) is 6.82. The Labute approximate surface area is 170 Å². The quantitative estimate of drug-likeness (QED) is 0.419. The van der Waals surface area contributed by atoms with Gasteiger partial charge in [-0.15, -0.1) is 0 Å². The van der Waals surface area contributed by atoms with Gasteiger partial charge in [0.1, 0.15) is 23.9 Å². The minimum Gasteiger partial charge on any atom is -0.486 e. The molecule has 148 valence electrons. The van der Waals surface area contributed by atoms with E-state index in [2.05, 4.69) is 15.6 Å². The number of furan rings is 1. The minimum absolute atomic E-state index is 0.151. The molecule has 0 aliphatic heterocycles. The van der Waals surface area contributed by atoms with Gasteiger partial charge in [-0.25, -0.2) is 9.37 Å². The van der Waals surface area contributed by atoms with Gasteiger partial charge in [-0.3, -0.25) is 4.79 Å². The van der Waals surface area contributed by atoms with E-state index < -0.39 is 0 Å². The number of amides is 1. The van der Waals surface area contributed by atoms with Crippen molar-refractivity contribution in [2.75, 3.05) is 18.4 Å². The molecule has 2 aromatic heterocycles. The summed E-state index contributed by atoms with van der Waals surface area (Å²) in [6.07, 6.45) is 0. The van der Waals surface area contributed by atoms with Crippen molar-refractivity contribution in [1.29, 1.82) is 0 Å². The molecular weight excluding hydrogens is 393 g/mol. The van der Waals surface area contributed by atoms with Gasteiger partial charge in [0.2, 0.25) is 0 Å². The highest BCUT2D eigenvalue weighted by Crippen LogP contribution is 2.25. The van der Waals surface area contributed by atoms with Crippen LogP contribution in [0, 0.1) is 5.82 Å². The third kappa shape index (κ3) is 4.91. The number of carbonyl (C=O) groups is 1. The fourth-order valence-electron chi connectivity index (χ4n) is 2.64. The normalized spacial score (nSPS) is 10.8. The van der Waals surface area contributed by atoms with Gasteiger partial charge >= 0.3 is 0 Å². The lowest BCUT2D eigenvalue weighted by Gasteiger charge is -2.05. The second kappa shape index (κ2) is 8.74. The van der Waals surface area contributed by atoms with Crippen LogP contribution in [-0.2, 0) is 6.61 Å². The zero-order valence-corrected chi connectivity index (χ0v) is 16.2. The summed E-state index contributed by atoms with van der Waals surface area (Å²) in [5.41, 5.74) is 0.954. The van der Waals surface area contributed by atoms with Gasteiger partial charge in [-0.05, 0) is 48.5 Å². The molecule has 0 aliphatic carbocycles. The number of fused-ring (bicyclic) bond motifs is 1. The van der Waals surface area contributed by atoms with E-state index in [1.807, 2.05) is 24.3 Å². The number of benzene rings is 2. The molecule has 2 aromatic carbocycles. The third-order valence-corrected chi connectivity index (χ3v) is 5.05. The first-order valence-electron chi connectivity index (χ1n) is 9.02. The van der Waals surface area contributed by atoms with Gasteiger partial charge in [-0.2, -0.15) is 0 Å². The van der Waals surface area contributed by atoms with Crippen molar-refractivity contribution < 1.29 is 18.3 Å². The monoisotopic (exact) mass is 411 g/mol. The number of ether oxygens (including phenoxy) is 1. The number of aromatic nitrogens is 1. The summed E-state index contributed by atoms with van der Waals surface area (Å²) < 4.78 is 25.0. The van der Waals surface area contributed by atoms with Crippen LogP contribution in [0.4, 0.5) is 9.52 Å². The number of hydrogen-bond donors (Lipinski definition) is 2. The molecule has 8 heteroatoms. The molecule has 0 aliphatic rings. The van der Waals surface area contributed by atoms with Crippen LogP contribution in [0.25, 0.3) is 10.2 Å². The predicted molar refractivity (Wildman–Crippen MR) is 110 cm³/mol. The van der Waals surface area contributed by atoms with Crippen molar-refractivity contribution in [2.24, 2.45) is 0 Å². The number of nitrogens with one attached hydrogen (secondary N) is 2. The average molecular weight is 411 g/mol. The first-order valence-corrected chi connectivity index (χ1v) is 9.84. The summed E-state index contributed by atoms with van der Waals surface area (Å²) in [4.78, 5) is 16.7. The molecule has 4 rings (SSSR count). The van der Waals surface area contributed by atoms with Crippen molar-refractivity contribution in [3.8, 4) is 5.75 Å². The van der Waals surface area contributed by atoms with Gasteiger partial charge in [0.15, 0.2) is 10.9 Å². The number of para-hydroxylation sites is 1. The number of thiazole rings is 1. The topological polar surface area (TPSA) is 76.4 Å². The maximum absolute atomic E-state index is 12.9. The van der Waals surface area contributed by atoms with Crippen LogP contribution in [0.5, 0.6) is 5.75 Å². The van der Waals surface area contributed by atoms with E-state index in [4.69, 9.17) is 9.15 Å².